The first-order chi connectivity index (χ1) is 15.8. The summed E-state index contributed by atoms with van der Waals surface area (Å²) in [6.45, 7) is 2.02. The Bertz CT molecular complexity index is 1140. The second-order valence-corrected chi connectivity index (χ2v) is 8.43. The Morgan fingerprint density at radius 2 is 1.09 bits per heavy atom. The van der Waals surface area contributed by atoms with Gasteiger partial charge in [0.25, 0.3) is 0 Å². The number of alkyl halides is 4. The highest BCUT2D eigenvalue weighted by molar-refractivity contribution is 5.76. The Balaban J connectivity index is 1.52. The van der Waals surface area contributed by atoms with E-state index < -0.39 is 23.0 Å². The van der Waals surface area contributed by atoms with E-state index in [9.17, 15) is 17.6 Å². The second kappa shape index (κ2) is 9.38. The molecule has 3 aromatic carbocycles. The van der Waals surface area contributed by atoms with E-state index in [0.29, 0.717) is 0 Å². The smallest absolute Gasteiger partial charge is 0.194 e. The summed E-state index contributed by atoms with van der Waals surface area (Å²) >= 11 is 0. The lowest BCUT2D eigenvalue weighted by Crippen LogP contribution is -2.44. The van der Waals surface area contributed by atoms with Crippen LogP contribution in [-0.4, -0.2) is 11.8 Å². The molecule has 0 nitrogen and oxygen atoms in total. The molecule has 0 heterocycles. The molecule has 0 radical (unpaired) electrons. The molecule has 170 valence electrons. The largest absolute Gasteiger partial charge is 0.339 e. The van der Waals surface area contributed by atoms with Crippen LogP contribution in [-0.2, 0) is 12.8 Å². The van der Waals surface area contributed by atoms with Gasteiger partial charge < -0.3 is 0 Å². The Hall–Kier alpha value is -3.14. The maximum absolute atomic E-state index is 14.9. The number of allylic oxidation sites excluding steroid dienone is 4. The van der Waals surface area contributed by atoms with Gasteiger partial charge in [-0.15, -0.1) is 0 Å². The summed E-state index contributed by atoms with van der Waals surface area (Å²) in [6.07, 6.45) is 4.21. The molecule has 0 bridgehead atoms. The van der Waals surface area contributed by atoms with Gasteiger partial charge in [-0.25, -0.2) is 0 Å². The van der Waals surface area contributed by atoms with Gasteiger partial charge in [0.05, 0.1) is 0 Å². The minimum absolute atomic E-state index is 0.131. The van der Waals surface area contributed by atoms with Gasteiger partial charge in [-0.05, 0) is 47.1 Å². The lowest BCUT2D eigenvalue weighted by Gasteiger charge is -2.33. The molecule has 1 aliphatic carbocycles. The highest BCUT2D eigenvalue weighted by atomic mass is 19.3. The number of rotatable bonds is 7. The van der Waals surface area contributed by atoms with E-state index in [1.165, 1.54) is 18.2 Å². The van der Waals surface area contributed by atoms with Crippen LogP contribution in [0.3, 0.4) is 0 Å². The summed E-state index contributed by atoms with van der Waals surface area (Å²) in [4.78, 5) is 0. The minimum Gasteiger partial charge on any atom is -0.194 e. The van der Waals surface area contributed by atoms with Crippen molar-refractivity contribution in [2.45, 2.75) is 44.5 Å². The van der Waals surface area contributed by atoms with E-state index in [-0.39, 0.29) is 18.4 Å². The van der Waals surface area contributed by atoms with Crippen molar-refractivity contribution in [3.05, 3.63) is 113 Å². The maximum Gasteiger partial charge on any atom is 0.339 e. The zero-order valence-electron chi connectivity index (χ0n) is 18.5. The number of halogens is 4. The van der Waals surface area contributed by atoms with E-state index in [1.807, 2.05) is 61.5 Å². The Kier molecular flexibility index (Phi) is 6.55. The predicted molar refractivity (Wildman–Crippen MR) is 127 cm³/mol. The molecule has 1 aliphatic rings. The van der Waals surface area contributed by atoms with E-state index in [1.54, 1.807) is 12.1 Å². The lowest BCUT2D eigenvalue weighted by atomic mass is 9.84. The molecule has 0 saturated heterocycles. The molecular weight excluding hydrogens is 424 g/mol. The molecule has 0 amide bonds. The van der Waals surface area contributed by atoms with Crippen molar-refractivity contribution in [1.29, 1.82) is 0 Å². The van der Waals surface area contributed by atoms with Crippen LogP contribution in [0.25, 0.3) is 16.7 Å². The van der Waals surface area contributed by atoms with E-state index >= 15 is 0 Å². The third-order valence-electron chi connectivity index (χ3n) is 6.13. The molecule has 4 rings (SSSR count). The van der Waals surface area contributed by atoms with Gasteiger partial charge in [-0.3, -0.25) is 0 Å². The molecule has 0 N–H and O–H groups in total. The maximum atomic E-state index is 14.9. The van der Waals surface area contributed by atoms with E-state index in [0.717, 1.165) is 41.2 Å². The van der Waals surface area contributed by atoms with Crippen LogP contribution >= 0.6 is 0 Å². The number of hydrogen-bond donors (Lipinski definition) is 0. The fourth-order valence-electron chi connectivity index (χ4n) is 4.19. The van der Waals surface area contributed by atoms with Gasteiger partial charge in [-0.2, -0.15) is 17.6 Å². The van der Waals surface area contributed by atoms with Crippen LogP contribution in [0.5, 0.6) is 0 Å². The topological polar surface area (TPSA) is 0 Å². The van der Waals surface area contributed by atoms with Gasteiger partial charge in [0.1, 0.15) is 0 Å². The molecule has 33 heavy (non-hydrogen) atoms. The van der Waals surface area contributed by atoms with E-state index in [2.05, 4.69) is 0 Å². The first kappa shape index (κ1) is 23.0. The van der Waals surface area contributed by atoms with Crippen LogP contribution in [0.2, 0.25) is 0 Å². The van der Waals surface area contributed by atoms with Gasteiger partial charge >= 0.3 is 11.8 Å². The summed E-state index contributed by atoms with van der Waals surface area (Å²) < 4.78 is 59.7. The van der Waals surface area contributed by atoms with Crippen LogP contribution in [0.1, 0.15) is 36.5 Å². The van der Waals surface area contributed by atoms with Crippen molar-refractivity contribution in [1.82, 2.24) is 0 Å². The molecular formula is C29H26F4. The van der Waals surface area contributed by atoms with Gasteiger partial charge in [-0.1, -0.05) is 104 Å². The second-order valence-electron chi connectivity index (χ2n) is 8.43. The molecule has 0 aromatic heterocycles. The van der Waals surface area contributed by atoms with Crippen LogP contribution in [0.15, 0.2) is 96.6 Å². The summed E-state index contributed by atoms with van der Waals surface area (Å²) in [5.41, 5.74) is 2.87. The van der Waals surface area contributed by atoms with Crippen LogP contribution < -0.4 is 0 Å². The number of aryl methyl sites for hydroxylation is 2. The Morgan fingerprint density at radius 1 is 0.545 bits per heavy atom. The van der Waals surface area contributed by atoms with E-state index in [4.69, 9.17) is 0 Å². The first-order valence-electron chi connectivity index (χ1n) is 11.2. The molecule has 0 atom stereocenters. The van der Waals surface area contributed by atoms with Crippen molar-refractivity contribution in [2.75, 3.05) is 0 Å². The zero-order valence-corrected chi connectivity index (χ0v) is 18.5. The standard InChI is InChI=1S/C29H26F4/c1-2-6-21-11-16-25(17-12-21)27-20-19-26(28(30,31)29(27,32)33)18-13-22-9-14-24(15-10-22)23-7-4-3-5-8-23/h3-5,7-12,14-17,19-20H,2,6,13,18H2,1H3. The molecule has 0 fully saturated rings. The molecule has 0 aliphatic heterocycles. The van der Waals surface area contributed by atoms with Crippen molar-refractivity contribution in [2.24, 2.45) is 0 Å². The fourth-order valence-corrected chi connectivity index (χ4v) is 4.19. The van der Waals surface area contributed by atoms with Crippen molar-refractivity contribution in [3.8, 4) is 11.1 Å². The summed E-state index contributed by atoms with van der Waals surface area (Å²) in [5.74, 6) is -8.50. The zero-order chi connectivity index (χ0) is 23.5. The minimum atomic E-state index is -4.26. The number of hydrogen-bond acceptors (Lipinski definition) is 0. The van der Waals surface area contributed by atoms with Crippen molar-refractivity contribution >= 4 is 5.57 Å². The molecule has 0 unspecified atom stereocenters. The first-order valence-corrected chi connectivity index (χ1v) is 11.2. The molecule has 3 aromatic rings. The average molecular weight is 451 g/mol. The Morgan fingerprint density at radius 3 is 1.70 bits per heavy atom. The molecule has 4 heteroatoms. The average Bonchev–Trinajstić information content (AvgIpc) is 2.82. The van der Waals surface area contributed by atoms with Crippen LogP contribution in [0.4, 0.5) is 17.6 Å². The fraction of sp³-hybridized carbons (Fsp3) is 0.241. The van der Waals surface area contributed by atoms with Gasteiger partial charge in [0, 0.05) is 11.1 Å². The van der Waals surface area contributed by atoms with Crippen molar-refractivity contribution in [3.63, 3.8) is 0 Å². The van der Waals surface area contributed by atoms with Crippen LogP contribution in [0, 0.1) is 0 Å². The SMILES string of the molecule is CCCc1ccc(C2=CC=C(CCc3ccc(-c4ccccc4)cc3)C(F)(F)C2(F)F)cc1. The van der Waals surface area contributed by atoms with Gasteiger partial charge in [0.2, 0.25) is 0 Å². The summed E-state index contributed by atoms with van der Waals surface area (Å²) in [7, 11) is 0. The normalized spacial score (nSPS) is 16.8. The molecule has 0 spiro atoms. The number of benzene rings is 3. The summed E-state index contributed by atoms with van der Waals surface area (Å²) in [6, 6.07) is 23.9. The third-order valence-corrected chi connectivity index (χ3v) is 6.13. The predicted octanol–water partition coefficient (Wildman–Crippen LogP) is 8.53. The highest BCUT2D eigenvalue weighted by Crippen LogP contribution is 2.51. The van der Waals surface area contributed by atoms with Crippen molar-refractivity contribution < 1.29 is 17.6 Å². The monoisotopic (exact) mass is 450 g/mol. The molecule has 0 saturated carbocycles. The Labute approximate surface area is 192 Å². The lowest BCUT2D eigenvalue weighted by molar-refractivity contribution is -0.149. The quantitative estimate of drug-likeness (QED) is 0.316. The highest BCUT2D eigenvalue weighted by Gasteiger charge is 2.61. The third kappa shape index (κ3) is 4.66. The summed E-state index contributed by atoms with van der Waals surface area (Å²) in [5, 5.41) is 0. The van der Waals surface area contributed by atoms with Gasteiger partial charge in [0.15, 0.2) is 0 Å².